The zero-order chi connectivity index (χ0) is 28.7. The first-order valence-corrected chi connectivity index (χ1v) is 10.4. The van der Waals surface area contributed by atoms with Gasteiger partial charge in [0.15, 0.2) is 11.9 Å². The van der Waals surface area contributed by atoms with Crippen molar-refractivity contribution in [3.63, 3.8) is 0 Å². The minimum atomic E-state index is -4.75. The van der Waals surface area contributed by atoms with Crippen LogP contribution in [0, 0.1) is 17.0 Å². The SMILES string of the molecule is Cc1cc(Cl)c(NC(=O)N=C(N)N)c([N+](=O)[O-])c1.NC(N)=NC(=O)Nc1c(Cl)cc(Cl)cc1C(F)(F)F. The Labute approximate surface area is 220 Å². The molecule has 2 aromatic carbocycles. The molecule has 0 aliphatic rings. The molecule has 200 valence electrons. The van der Waals surface area contributed by atoms with Gasteiger partial charge in [-0.2, -0.15) is 23.2 Å². The van der Waals surface area contributed by atoms with Crippen molar-refractivity contribution in [2.24, 2.45) is 32.9 Å². The molecule has 0 heterocycles. The Morgan fingerprint density at radius 1 is 0.892 bits per heavy atom. The summed E-state index contributed by atoms with van der Waals surface area (Å²) in [5, 5.41) is 14.3. The predicted molar refractivity (Wildman–Crippen MR) is 134 cm³/mol. The van der Waals surface area contributed by atoms with Gasteiger partial charge in [-0.05, 0) is 30.7 Å². The molecule has 10 N–H and O–H groups in total. The van der Waals surface area contributed by atoms with E-state index < -0.39 is 46.3 Å². The first-order valence-electron chi connectivity index (χ1n) is 9.24. The van der Waals surface area contributed by atoms with E-state index in [4.69, 9.17) is 57.7 Å². The van der Waals surface area contributed by atoms with Gasteiger partial charge in [0, 0.05) is 11.1 Å². The highest BCUT2D eigenvalue weighted by Gasteiger charge is 2.35. The minimum Gasteiger partial charge on any atom is -0.370 e. The highest BCUT2D eigenvalue weighted by atomic mass is 35.5. The van der Waals surface area contributed by atoms with E-state index in [0.717, 1.165) is 6.07 Å². The lowest BCUT2D eigenvalue weighted by Gasteiger charge is -2.14. The number of hydrogen-bond donors (Lipinski definition) is 6. The second kappa shape index (κ2) is 12.8. The molecule has 0 saturated heterocycles. The maximum atomic E-state index is 12.8. The molecule has 0 fully saturated rings. The molecule has 2 rings (SSSR count). The molecule has 0 aromatic heterocycles. The predicted octanol–water partition coefficient (Wildman–Crippen LogP) is 4.18. The monoisotopic (exact) mass is 585 g/mol. The molecule has 13 nitrogen and oxygen atoms in total. The number of nitro benzene ring substituents is 1. The molecular formula is C18H17Cl3F3N9O4. The van der Waals surface area contributed by atoms with Crippen molar-refractivity contribution in [1.82, 2.24) is 0 Å². The summed E-state index contributed by atoms with van der Waals surface area (Å²) in [5.41, 5.74) is 18.1. The molecule has 2 aromatic rings. The summed E-state index contributed by atoms with van der Waals surface area (Å²) in [6, 6.07) is 2.29. The number of hydrogen-bond acceptors (Lipinski definition) is 4. The van der Waals surface area contributed by atoms with Crippen LogP contribution in [0.3, 0.4) is 0 Å². The van der Waals surface area contributed by atoms with Gasteiger partial charge in [0.05, 0.1) is 26.2 Å². The van der Waals surface area contributed by atoms with Gasteiger partial charge in [-0.15, -0.1) is 0 Å². The first-order chi connectivity index (χ1) is 16.9. The summed E-state index contributed by atoms with van der Waals surface area (Å²) in [7, 11) is 0. The molecular weight excluding hydrogens is 570 g/mol. The number of aryl methyl sites for hydroxylation is 1. The molecule has 0 bridgehead atoms. The summed E-state index contributed by atoms with van der Waals surface area (Å²) in [5.74, 6) is -1.06. The van der Waals surface area contributed by atoms with Crippen LogP contribution in [0.5, 0.6) is 0 Å². The largest absolute Gasteiger partial charge is 0.418 e. The summed E-state index contributed by atoms with van der Waals surface area (Å²) in [4.78, 5) is 38.9. The van der Waals surface area contributed by atoms with E-state index in [0.29, 0.717) is 11.6 Å². The lowest BCUT2D eigenvalue weighted by molar-refractivity contribution is -0.383. The Bertz CT molecular complexity index is 1280. The molecule has 0 unspecified atom stereocenters. The summed E-state index contributed by atoms with van der Waals surface area (Å²) < 4.78 is 38.3. The highest BCUT2D eigenvalue weighted by Crippen LogP contribution is 2.40. The number of halogens is 6. The molecule has 0 radical (unpaired) electrons. The quantitative estimate of drug-likeness (QED) is 0.132. The van der Waals surface area contributed by atoms with Crippen molar-refractivity contribution in [3.05, 3.63) is 60.6 Å². The maximum absolute atomic E-state index is 12.8. The van der Waals surface area contributed by atoms with Crippen molar-refractivity contribution in [2.45, 2.75) is 13.1 Å². The lowest BCUT2D eigenvalue weighted by atomic mass is 10.1. The molecule has 19 heteroatoms. The molecule has 37 heavy (non-hydrogen) atoms. The number of nitrogens with one attached hydrogen (secondary N) is 2. The van der Waals surface area contributed by atoms with Crippen molar-refractivity contribution in [3.8, 4) is 0 Å². The third-order valence-electron chi connectivity index (χ3n) is 3.70. The first kappa shape index (κ1) is 31.0. The Balaban J connectivity index is 0.000000371. The number of alkyl halides is 3. The molecule has 0 aliphatic heterocycles. The van der Waals surface area contributed by atoms with Gasteiger partial charge in [0.1, 0.15) is 5.69 Å². The van der Waals surface area contributed by atoms with E-state index in [1.807, 2.05) is 5.32 Å². The fourth-order valence-corrected chi connectivity index (χ4v) is 3.28. The zero-order valence-electron chi connectivity index (χ0n) is 18.4. The number of nitrogens with two attached hydrogens (primary N) is 4. The minimum absolute atomic E-state index is 0.0286. The molecule has 0 aliphatic carbocycles. The van der Waals surface area contributed by atoms with Gasteiger partial charge in [0.2, 0.25) is 0 Å². The van der Waals surface area contributed by atoms with E-state index in [-0.39, 0.29) is 26.4 Å². The number of nitrogens with zero attached hydrogens (tertiary/aromatic N) is 3. The van der Waals surface area contributed by atoms with Gasteiger partial charge < -0.3 is 28.3 Å². The number of rotatable bonds is 3. The van der Waals surface area contributed by atoms with Crippen LogP contribution in [0.4, 0.5) is 39.8 Å². The second-order valence-electron chi connectivity index (χ2n) is 6.64. The Kier molecular flexibility index (Phi) is 10.7. The van der Waals surface area contributed by atoms with Crippen LogP contribution in [0.2, 0.25) is 15.1 Å². The number of carbonyl (C=O) groups is 2. The normalized spacial score (nSPS) is 10.4. The van der Waals surface area contributed by atoms with E-state index in [9.17, 15) is 32.9 Å². The number of anilines is 2. The van der Waals surface area contributed by atoms with E-state index in [1.54, 1.807) is 6.92 Å². The maximum Gasteiger partial charge on any atom is 0.418 e. The van der Waals surface area contributed by atoms with Crippen molar-refractivity contribution in [1.29, 1.82) is 0 Å². The van der Waals surface area contributed by atoms with Gasteiger partial charge in [-0.25, -0.2) is 9.59 Å². The number of benzene rings is 2. The molecule has 4 amide bonds. The van der Waals surface area contributed by atoms with Crippen LogP contribution in [0.15, 0.2) is 34.3 Å². The number of carbonyl (C=O) groups excluding carboxylic acids is 2. The van der Waals surface area contributed by atoms with Crippen molar-refractivity contribution in [2.75, 3.05) is 10.6 Å². The second-order valence-corrected chi connectivity index (χ2v) is 7.89. The number of aliphatic imine (C=N–C) groups is 2. The van der Waals surface area contributed by atoms with E-state index in [1.165, 1.54) is 12.1 Å². The van der Waals surface area contributed by atoms with Gasteiger partial charge in [-0.1, -0.05) is 34.8 Å². The topological polar surface area (TPSA) is 230 Å². The van der Waals surface area contributed by atoms with Crippen LogP contribution in [-0.4, -0.2) is 28.9 Å². The van der Waals surface area contributed by atoms with Crippen LogP contribution in [0.25, 0.3) is 0 Å². The number of urea groups is 2. The third-order valence-corrected chi connectivity index (χ3v) is 4.51. The number of nitro groups is 1. The third kappa shape index (κ3) is 9.86. The molecule has 0 spiro atoms. The van der Waals surface area contributed by atoms with E-state index in [2.05, 4.69) is 15.3 Å². The molecule has 0 atom stereocenters. The van der Waals surface area contributed by atoms with E-state index >= 15 is 0 Å². The fraction of sp³-hybridized carbons (Fsp3) is 0.111. The van der Waals surface area contributed by atoms with Gasteiger partial charge in [0.25, 0.3) is 5.69 Å². The average molecular weight is 587 g/mol. The zero-order valence-corrected chi connectivity index (χ0v) is 20.6. The highest BCUT2D eigenvalue weighted by molar-refractivity contribution is 6.37. The van der Waals surface area contributed by atoms with Gasteiger partial charge >= 0.3 is 18.2 Å². The Morgan fingerprint density at radius 3 is 1.78 bits per heavy atom. The average Bonchev–Trinajstić information content (AvgIpc) is 2.70. The lowest BCUT2D eigenvalue weighted by Crippen LogP contribution is -2.26. The Hall–Kier alpha value is -4.02. The summed E-state index contributed by atoms with van der Waals surface area (Å²) >= 11 is 16.9. The standard InChI is InChI=1S/C9H7Cl2F3N4O.C9H10ClN5O3/c10-3-1-4(9(12,13)14)6(5(11)2-3)17-8(19)18-7(15)16;1-4-2-5(10)7(6(3-4)15(17)18)13-9(16)14-8(11)12/h1-2H,(H5,15,16,17,18,19);2-3H,1H3,(H5,11,12,13,14,16). The van der Waals surface area contributed by atoms with Gasteiger partial charge in [-0.3, -0.25) is 15.4 Å². The van der Waals surface area contributed by atoms with Crippen LogP contribution >= 0.6 is 34.8 Å². The number of amides is 4. The Morgan fingerprint density at radius 2 is 1.35 bits per heavy atom. The van der Waals surface area contributed by atoms with Crippen LogP contribution in [0.1, 0.15) is 11.1 Å². The fourth-order valence-electron chi connectivity index (χ4n) is 2.42. The summed E-state index contributed by atoms with van der Waals surface area (Å²) in [6.45, 7) is 1.64. The smallest absolute Gasteiger partial charge is 0.370 e. The van der Waals surface area contributed by atoms with Crippen LogP contribution < -0.4 is 33.6 Å². The summed E-state index contributed by atoms with van der Waals surface area (Å²) in [6.07, 6.45) is -4.75. The number of guanidine groups is 2. The molecule has 0 saturated carbocycles. The van der Waals surface area contributed by atoms with Crippen molar-refractivity contribution >= 4 is 75.8 Å². The van der Waals surface area contributed by atoms with Crippen LogP contribution in [-0.2, 0) is 6.18 Å². The van der Waals surface area contributed by atoms with Crippen molar-refractivity contribution < 1.29 is 27.7 Å².